The van der Waals surface area contributed by atoms with Gasteiger partial charge in [-0.05, 0) is 30.3 Å². The molecule has 0 aliphatic carbocycles. The van der Waals surface area contributed by atoms with Gasteiger partial charge in [-0.1, -0.05) is 18.2 Å². The monoisotopic (exact) mass is 427 g/mol. The molecular formula is C22H20F3N5O. The highest BCUT2D eigenvalue weighted by molar-refractivity contribution is 5.77. The number of nitriles is 1. The lowest BCUT2D eigenvalue weighted by Gasteiger charge is -2.36. The summed E-state index contributed by atoms with van der Waals surface area (Å²) < 4.78 is 40.4. The van der Waals surface area contributed by atoms with Gasteiger partial charge in [0.15, 0.2) is 0 Å². The van der Waals surface area contributed by atoms with Crippen LogP contribution in [0.5, 0.6) is 0 Å². The van der Waals surface area contributed by atoms with Crippen molar-refractivity contribution in [2.24, 2.45) is 0 Å². The zero-order chi connectivity index (χ0) is 22.0. The van der Waals surface area contributed by atoms with E-state index in [1.165, 1.54) is 16.7 Å². The highest BCUT2D eigenvalue weighted by atomic mass is 19.4. The van der Waals surface area contributed by atoms with Gasteiger partial charge in [-0.25, -0.2) is 4.98 Å². The molecule has 31 heavy (non-hydrogen) atoms. The number of halogens is 3. The first-order chi connectivity index (χ1) is 14.9. The molecule has 0 saturated carbocycles. The van der Waals surface area contributed by atoms with Crippen LogP contribution in [0.15, 0.2) is 53.3 Å². The van der Waals surface area contributed by atoms with Gasteiger partial charge in [0, 0.05) is 31.9 Å². The normalized spacial score (nSPS) is 15.2. The molecule has 2 aromatic carbocycles. The van der Waals surface area contributed by atoms with E-state index in [0.29, 0.717) is 55.1 Å². The Morgan fingerprint density at radius 1 is 1.03 bits per heavy atom. The molecule has 0 unspecified atom stereocenters. The van der Waals surface area contributed by atoms with Crippen LogP contribution < -0.4 is 10.5 Å². The minimum atomic E-state index is -4.37. The Labute approximate surface area is 176 Å². The Bertz CT molecular complexity index is 1190. The number of para-hydroxylation sites is 1. The molecule has 160 valence electrons. The average Bonchev–Trinajstić information content (AvgIpc) is 2.76. The summed E-state index contributed by atoms with van der Waals surface area (Å²) in [5.74, 6) is 0.512. The Kier molecular flexibility index (Phi) is 5.65. The van der Waals surface area contributed by atoms with Gasteiger partial charge in [0.05, 0.1) is 29.1 Å². The fraction of sp³-hybridized carbons (Fsp3) is 0.318. The highest BCUT2D eigenvalue weighted by Crippen LogP contribution is 2.31. The van der Waals surface area contributed by atoms with Gasteiger partial charge in [0.25, 0.3) is 5.56 Å². The standard InChI is InChI=1S/C22H20F3N5O/c23-22(24,25)16-4-3-5-17(14-16)29-12-10-28(11-13-29)15-20-27-19-7-2-1-6-18(19)21(31)30(20)9-8-26/h1-7,14H,9-13,15H2. The van der Waals surface area contributed by atoms with Crippen LogP contribution in [0.1, 0.15) is 11.4 Å². The number of benzene rings is 2. The maximum absolute atomic E-state index is 13.0. The molecule has 0 atom stereocenters. The smallest absolute Gasteiger partial charge is 0.369 e. The van der Waals surface area contributed by atoms with Crippen molar-refractivity contribution < 1.29 is 13.2 Å². The summed E-state index contributed by atoms with van der Waals surface area (Å²) in [7, 11) is 0. The largest absolute Gasteiger partial charge is 0.416 e. The van der Waals surface area contributed by atoms with Crippen molar-refractivity contribution in [3.63, 3.8) is 0 Å². The number of nitrogens with zero attached hydrogens (tertiary/aromatic N) is 5. The van der Waals surface area contributed by atoms with E-state index in [1.807, 2.05) is 11.0 Å². The SMILES string of the molecule is N#CCn1c(CN2CCN(c3cccc(C(F)(F)F)c3)CC2)nc2ccccc2c1=O. The minimum Gasteiger partial charge on any atom is -0.369 e. The first-order valence-electron chi connectivity index (χ1n) is 9.87. The lowest BCUT2D eigenvalue weighted by Crippen LogP contribution is -2.46. The third-order valence-electron chi connectivity index (χ3n) is 5.45. The summed E-state index contributed by atoms with van der Waals surface area (Å²) in [5.41, 5.74) is 0.219. The van der Waals surface area contributed by atoms with E-state index in [0.717, 1.165) is 6.07 Å². The van der Waals surface area contributed by atoms with Crippen LogP contribution in [0.3, 0.4) is 0 Å². The molecule has 3 aromatic rings. The molecule has 2 heterocycles. The molecule has 0 spiro atoms. The van der Waals surface area contributed by atoms with Crippen molar-refractivity contribution in [3.05, 3.63) is 70.3 Å². The Morgan fingerprint density at radius 2 is 1.77 bits per heavy atom. The zero-order valence-electron chi connectivity index (χ0n) is 16.6. The van der Waals surface area contributed by atoms with E-state index in [4.69, 9.17) is 5.26 Å². The van der Waals surface area contributed by atoms with E-state index >= 15 is 0 Å². The van der Waals surface area contributed by atoms with Gasteiger partial charge in [-0.15, -0.1) is 0 Å². The fourth-order valence-corrected chi connectivity index (χ4v) is 3.81. The van der Waals surface area contributed by atoms with Gasteiger partial charge in [-0.2, -0.15) is 18.4 Å². The van der Waals surface area contributed by atoms with Crippen LogP contribution in [-0.2, 0) is 19.3 Å². The summed E-state index contributed by atoms with van der Waals surface area (Å²) >= 11 is 0. The number of hydrogen-bond donors (Lipinski definition) is 0. The predicted molar refractivity (Wildman–Crippen MR) is 111 cm³/mol. The molecule has 1 aliphatic rings. The third-order valence-corrected chi connectivity index (χ3v) is 5.45. The number of anilines is 1. The van der Waals surface area contributed by atoms with E-state index in [9.17, 15) is 18.0 Å². The molecule has 6 nitrogen and oxygen atoms in total. The summed E-state index contributed by atoms with van der Waals surface area (Å²) in [6.07, 6.45) is -4.37. The fourth-order valence-electron chi connectivity index (χ4n) is 3.81. The lowest BCUT2D eigenvalue weighted by molar-refractivity contribution is -0.137. The van der Waals surface area contributed by atoms with Crippen molar-refractivity contribution in [2.75, 3.05) is 31.1 Å². The minimum absolute atomic E-state index is 0.0871. The number of piperazine rings is 1. The van der Waals surface area contributed by atoms with Crippen molar-refractivity contribution in [3.8, 4) is 6.07 Å². The van der Waals surface area contributed by atoms with Gasteiger partial charge in [0.2, 0.25) is 0 Å². The van der Waals surface area contributed by atoms with Crippen molar-refractivity contribution >= 4 is 16.6 Å². The first-order valence-corrected chi connectivity index (χ1v) is 9.87. The van der Waals surface area contributed by atoms with Crippen molar-refractivity contribution in [1.82, 2.24) is 14.5 Å². The molecule has 1 aliphatic heterocycles. The van der Waals surface area contributed by atoms with Crippen LogP contribution in [0, 0.1) is 11.3 Å². The topological polar surface area (TPSA) is 65.2 Å². The number of aromatic nitrogens is 2. The summed E-state index contributed by atoms with van der Waals surface area (Å²) in [5, 5.41) is 9.62. The van der Waals surface area contributed by atoms with Gasteiger partial charge >= 0.3 is 6.18 Å². The number of hydrogen-bond acceptors (Lipinski definition) is 5. The molecule has 0 radical (unpaired) electrons. The molecule has 1 saturated heterocycles. The highest BCUT2D eigenvalue weighted by Gasteiger charge is 2.31. The van der Waals surface area contributed by atoms with E-state index in [2.05, 4.69) is 9.88 Å². The van der Waals surface area contributed by atoms with E-state index in [-0.39, 0.29) is 12.1 Å². The third kappa shape index (κ3) is 4.39. The Balaban J connectivity index is 1.51. The molecule has 0 N–H and O–H groups in total. The maximum Gasteiger partial charge on any atom is 0.416 e. The second-order valence-corrected chi connectivity index (χ2v) is 7.41. The molecule has 0 bridgehead atoms. The summed E-state index contributed by atoms with van der Waals surface area (Å²) in [6.45, 7) is 2.61. The second kappa shape index (κ2) is 8.40. The number of rotatable bonds is 4. The number of alkyl halides is 3. The zero-order valence-corrected chi connectivity index (χ0v) is 16.6. The molecule has 0 amide bonds. The van der Waals surface area contributed by atoms with Crippen molar-refractivity contribution in [2.45, 2.75) is 19.3 Å². The lowest BCUT2D eigenvalue weighted by atomic mass is 10.1. The van der Waals surface area contributed by atoms with Gasteiger partial charge in [0.1, 0.15) is 12.4 Å². The van der Waals surface area contributed by atoms with Gasteiger partial charge < -0.3 is 4.90 Å². The van der Waals surface area contributed by atoms with Crippen LogP contribution in [-0.4, -0.2) is 40.6 Å². The van der Waals surface area contributed by atoms with Crippen molar-refractivity contribution in [1.29, 1.82) is 5.26 Å². The molecule has 1 aromatic heterocycles. The van der Waals surface area contributed by atoms with Crippen LogP contribution >= 0.6 is 0 Å². The quantitative estimate of drug-likeness (QED) is 0.640. The molecule has 1 fully saturated rings. The van der Waals surface area contributed by atoms with E-state index < -0.39 is 11.7 Å². The number of fused-ring (bicyclic) bond motifs is 1. The molecule has 4 rings (SSSR count). The van der Waals surface area contributed by atoms with Crippen LogP contribution in [0.2, 0.25) is 0 Å². The predicted octanol–water partition coefficient (Wildman–Crippen LogP) is 3.26. The van der Waals surface area contributed by atoms with Crippen LogP contribution in [0.4, 0.5) is 18.9 Å². The van der Waals surface area contributed by atoms with Gasteiger partial charge in [-0.3, -0.25) is 14.3 Å². The Morgan fingerprint density at radius 3 is 2.48 bits per heavy atom. The molecular weight excluding hydrogens is 407 g/mol. The summed E-state index contributed by atoms with van der Waals surface area (Å²) in [6, 6.07) is 14.4. The average molecular weight is 427 g/mol. The maximum atomic E-state index is 13.0. The van der Waals surface area contributed by atoms with E-state index in [1.54, 1.807) is 30.3 Å². The second-order valence-electron chi connectivity index (χ2n) is 7.41. The first kappa shape index (κ1) is 20.9. The summed E-state index contributed by atoms with van der Waals surface area (Å²) in [4.78, 5) is 21.4. The van der Waals surface area contributed by atoms with Crippen LogP contribution in [0.25, 0.3) is 10.9 Å². The Hall–Kier alpha value is -3.38. The molecule has 9 heteroatoms.